The van der Waals surface area contributed by atoms with E-state index in [0.717, 1.165) is 17.3 Å². The van der Waals surface area contributed by atoms with Gasteiger partial charge in [0.25, 0.3) is 0 Å². The SMILES string of the molecule is CN(Cc1cccc(COc2ccc(Cl)cc2)c1)C(C)(C)C. The van der Waals surface area contributed by atoms with Crippen molar-refractivity contribution in [2.75, 3.05) is 7.05 Å². The van der Waals surface area contributed by atoms with E-state index in [1.807, 2.05) is 24.3 Å². The molecule has 0 atom stereocenters. The van der Waals surface area contributed by atoms with Crippen molar-refractivity contribution in [3.05, 3.63) is 64.7 Å². The Bertz CT molecular complexity index is 602. The average molecular weight is 318 g/mol. The van der Waals surface area contributed by atoms with Gasteiger partial charge < -0.3 is 4.74 Å². The molecule has 2 aromatic rings. The number of halogens is 1. The lowest BCUT2D eigenvalue weighted by Crippen LogP contribution is -2.37. The first-order valence-corrected chi connectivity index (χ1v) is 7.90. The van der Waals surface area contributed by atoms with Gasteiger partial charge >= 0.3 is 0 Å². The van der Waals surface area contributed by atoms with E-state index < -0.39 is 0 Å². The summed E-state index contributed by atoms with van der Waals surface area (Å²) in [6, 6.07) is 16.0. The normalized spacial score (nSPS) is 11.7. The van der Waals surface area contributed by atoms with E-state index in [9.17, 15) is 0 Å². The van der Waals surface area contributed by atoms with Crippen LogP contribution in [0.1, 0.15) is 31.9 Å². The topological polar surface area (TPSA) is 12.5 Å². The molecule has 2 nitrogen and oxygen atoms in total. The second kappa shape index (κ2) is 7.17. The molecule has 0 fully saturated rings. The van der Waals surface area contributed by atoms with E-state index in [1.54, 1.807) is 0 Å². The first kappa shape index (κ1) is 16.9. The summed E-state index contributed by atoms with van der Waals surface area (Å²) in [5, 5.41) is 0.722. The molecule has 0 N–H and O–H groups in total. The van der Waals surface area contributed by atoms with Crippen molar-refractivity contribution >= 4 is 11.6 Å². The third-order valence-electron chi connectivity index (χ3n) is 3.78. The standard InChI is InChI=1S/C19H24ClNO/c1-19(2,3)21(4)13-15-6-5-7-16(12-15)14-22-18-10-8-17(20)9-11-18/h5-12H,13-14H2,1-4H3. The lowest BCUT2D eigenvalue weighted by atomic mass is 10.0. The van der Waals surface area contributed by atoms with Gasteiger partial charge in [-0.25, -0.2) is 0 Å². The summed E-state index contributed by atoms with van der Waals surface area (Å²) in [7, 11) is 2.15. The Balaban J connectivity index is 1.98. The highest BCUT2D eigenvalue weighted by Crippen LogP contribution is 2.18. The first-order chi connectivity index (χ1) is 10.3. The lowest BCUT2D eigenvalue weighted by Gasteiger charge is -2.32. The van der Waals surface area contributed by atoms with Crippen molar-refractivity contribution in [1.29, 1.82) is 0 Å². The molecule has 22 heavy (non-hydrogen) atoms. The molecule has 0 saturated heterocycles. The van der Waals surface area contributed by atoms with Crippen molar-refractivity contribution < 1.29 is 4.74 Å². The number of hydrogen-bond donors (Lipinski definition) is 0. The summed E-state index contributed by atoms with van der Waals surface area (Å²) in [5.74, 6) is 0.835. The maximum absolute atomic E-state index is 5.87. The van der Waals surface area contributed by atoms with Crippen molar-refractivity contribution in [3.8, 4) is 5.75 Å². The molecule has 0 aliphatic rings. The highest BCUT2D eigenvalue weighted by atomic mass is 35.5. The van der Waals surface area contributed by atoms with Gasteiger partial charge in [0.15, 0.2) is 0 Å². The Morgan fingerprint density at radius 1 is 1.00 bits per heavy atom. The van der Waals surface area contributed by atoms with Gasteiger partial charge in [-0.05, 0) is 63.2 Å². The maximum atomic E-state index is 5.87. The van der Waals surface area contributed by atoms with Gasteiger partial charge in [0.1, 0.15) is 12.4 Å². The van der Waals surface area contributed by atoms with Crippen LogP contribution < -0.4 is 4.74 Å². The van der Waals surface area contributed by atoms with Crippen LogP contribution in [0, 0.1) is 0 Å². The van der Waals surface area contributed by atoms with Crippen LogP contribution in [0.2, 0.25) is 5.02 Å². The third-order valence-corrected chi connectivity index (χ3v) is 4.03. The summed E-state index contributed by atoms with van der Waals surface area (Å²) in [4.78, 5) is 2.34. The predicted octanol–water partition coefficient (Wildman–Crippen LogP) is 5.15. The van der Waals surface area contributed by atoms with E-state index in [-0.39, 0.29) is 5.54 Å². The molecule has 0 heterocycles. The first-order valence-electron chi connectivity index (χ1n) is 7.52. The van der Waals surface area contributed by atoms with Gasteiger partial charge in [0.2, 0.25) is 0 Å². The second-order valence-corrected chi connectivity index (χ2v) is 7.03. The van der Waals surface area contributed by atoms with Gasteiger partial charge in [-0.1, -0.05) is 35.9 Å². The molecule has 0 amide bonds. The van der Waals surface area contributed by atoms with Gasteiger partial charge in [0.05, 0.1) is 0 Å². The molecule has 118 valence electrons. The van der Waals surface area contributed by atoms with Crippen molar-refractivity contribution in [1.82, 2.24) is 4.90 Å². The van der Waals surface area contributed by atoms with Crippen LogP contribution in [-0.4, -0.2) is 17.5 Å². The van der Waals surface area contributed by atoms with Crippen LogP contribution in [0.4, 0.5) is 0 Å². The molecular weight excluding hydrogens is 294 g/mol. The second-order valence-electron chi connectivity index (χ2n) is 6.59. The van der Waals surface area contributed by atoms with E-state index in [1.165, 1.54) is 11.1 Å². The van der Waals surface area contributed by atoms with Gasteiger partial charge in [-0.15, -0.1) is 0 Å². The summed E-state index contributed by atoms with van der Waals surface area (Å²) in [6.07, 6.45) is 0. The molecule has 2 rings (SSSR count). The zero-order chi connectivity index (χ0) is 16.2. The molecule has 0 saturated carbocycles. The molecule has 2 aromatic carbocycles. The van der Waals surface area contributed by atoms with E-state index in [0.29, 0.717) is 6.61 Å². The fourth-order valence-electron chi connectivity index (χ4n) is 2.03. The molecule has 0 aromatic heterocycles. The largest absolute Gasteiger partial charge is 0.489 e. The molecule has 0 unspecified atom stereocenters. The van der Waals surface area contributed by atoms with E-state index in [2.05, 4.69) is 57.0 Å². The summed E-state index contributed by atoms with van der Waals surface area (Å²) in [6.45, 7) is 8.16. The predicted molar refractivity (Wildman–Crippen MR) is 93.4 cm³/mol. The Labute approximate surface area is 138 Å². The molecule has 0 bridgehead atoms. The minimum Gasteiger partial charge on any atom is -0.489 e. The zero-order valence-electron chi connectivity index (χ0n) is 13.8. The molecule has 0 aliphatic heterocycles. The van der Waals surface area contributed by atoms with Crippen LogP contribution in [0.25, 0.3) is 0 Å². The minimum absolute atomic E-state index is 0.163. The third kappa shape index (κ3) is 5.04. The summed E-state index contributed by atoms with van der Waals surface area (Å²) in [5.41, 5.74) is 2.64. The zero-order valence-corrected chi connectivity index (χ0v) is 14.5. The number of nitrogens with zero attached hydrogens (tertiary/aromatic N) is 1. The highest BCUT2D eigenvalue weighted by molar-refractivity contribution is 6.30. The number of rotatable bonds is 5. The van der Waals surface area contributed by atoms with Gasteiger partial charge in [-0.3, -0.25) is 4.90 Å². The van der Waals surface area contributed by atoms with Crippen molar-refractivity contribution in [2.45, 2.75) is 39.5 Å². The van der Waals surface area contributed by atoms with Crippen LogP contribution >= 0.6 is 11.6 Å². The maximum Gasteiger partial charge on any atom is 0.119 e. The average Bonchev–Trinajstić information content (AvgIpc) is 2.46. The molecule has 0 aliphatic carbocycles. The Kier molecular flexibility index (Phi) is 5.49. The van der Waals surface area contributed by atoms with Crippen molar-refractivity contribution in [2.24, 2.45) is 0 Å². The molecular formula is C19H24ClNO. The smallest absolute Gasteiger partial charge is 0.119 e. The number of benzene rings is 2. The van der Waals surface area contributed by atoms with Crippen molar-refractivity contribution in [3.63, 3.8) is 0 Å². The van der Waals surface area contributed by atoms with Gasteiger partial charge in [-0.2, -0.15) is 0 Å². The number of ether oxygens (including phenoxy) is 1. The lowest BCUT2D eigenvalue weighted by molar-refractivity contribution is 0.167. The fraction of sp³-hybridized carbons (Fsp3) is 0.368. The van der Waals surface area contributed by atoms with E-state index in [4.69, 9.17) is 16.3 Å². The quantitative estimate of drug-likeness (QED) is 0.756. The monoisotopic (exact) mass is 317 g/mol. The minimum atomic E-state index is 0.163. The highest BCUT2D eigenvalue weighted by Gasteiger charge is 2.16. The molecule has 0 spiro atoms. The van der Waals surface area contributed by atoms with Crippen LogP contribution in [0.5, 0.6) is 5.75 Å². The Hall–Kier alpha value is -1.51. The summed E-state index contributed by atoms with van der Waals surface area (Å²) >= 11 is 5.87. The Morgan fingerprint density at radius 2 is 1.64 bits per heavy atom. The van der Waals surface area contributed by atoms with E-state index >= 15 is 0 Å². The van der Waals surface area contributed by atoms with Crippen LogP contribution in [0.3, 0.4) is 0 Å². The molecule has 0 radical (unpaired) electrons. The Morgan fingerprint density at radius 3 is 2.27 bits per heavy atom. The molecule has 3 heteroatoms. The van der Waals surface area contributed by atoms with Gasteiger partial charge in [0, 0.05) is 17.1 Å². The fourth-order valence-corrected chi connectivity index (χ4v) is 2.15. The summed E-state index contributed by atoms with van der Waals surface area (Å²) < 4.78 is 5.80. The van der Waals surface area contributed by atoms with Crippen LogP contribution in [0.15, 0.2) is 48.5 Å². The van der Waals surface area contributed by atoms with Crippen LogP contribution in [-0.2, 0) is 13.2 Å². The number of hydrogen-bond acceptors (Lipinski definition) is 2.